The van der Waals surface area contributed by atoms with Gasteiger partial charge in [-0.2, -0.15) is 0 Å². The average Bonchev–Trinajstić information content (AvgIpc) is 2.84. The minimum absolute atomic E-state index is 0.0121. The second-order valence-electron chi connectivity index (χ2n) is 8.99. The van der Waals surface area contributed by atoms with Crippen LogP contribution in [0.1, 0.15) is 47.8 Å². The van der Waals surface area contributed by atoms with Gasteiger partial charge in [-0.15, -0.1) is 0 Å². The quantitative estimate of drug-likeness (QED) is 0.414. The van der Waals surface area contributed by atoms with Crippen LogP contribution in [0.4, 0.5) is 5.69 Å². The fourth-order valence-electron chi connectivity index (χ4n) is 3.41. The summed E-state index contributed by atoms with van der Waals surface area (Å²) in [7, 11) is -0.0597. The van der Waals surface area contributed by atoms with Gasteiger partial charge in [0.1, 0.15) is 11.0 Å². The molecule has 2 amide bonds. The zero-order valence-corrected chi connectivity index (χ0v) is 21.9. The lowest BCUT2D eigenvalue weighted by Crippen LogP contribution is -2.30. The number of hydrogen-bond donors (Lipinski definition) is 1. The molecule has 0 aliphatic heterocycles. The SMILES string of the molecule is COc1ccc(CN(C=O)C(=O)c2c(Cl)ccc(NS(=O)c3ccc(C(C)(C)C)cc3)c2C)cn1. The zero-order chi connectivity index (χ0) is 25.8. The lowest BCUT2D eigenvalue weighted by Gasteiger charge is -2.20. The topological polar surface area (TPSA) is 88.6 Å². The van der Waals surface area contributed by atoms with E-state index in [1.807, 2.05) is 24.3 Å². The van der Waals surface area contributed by atoms with Crippen LogP contribution in [0.3, 0.4) is 0 Å². The summed E-state index contributed by atoms with van der Waals surface area (Å²) in [5, 5.41) is 0.193. The number of pyridine rings is 1. The van der Waals surface area contributed by atoms with Crippen molar-refractivity contribution in [3.8, 4) is 5.88 Å². The summed E-state index contributed by atoms with van der Waals surface area (Å²) in [6.45, 7) is 8.04. The second kappa shape index (κ2) is 11.0. The summed E-state index contributed by atoms with van der Waals surface area (Å²) in [5.74, 6) is -0.140. The molecule has 1 N–H and O–H groups in total. The molecule has 1 atom stereocenters. The van der Waals surface area contributed by atoms with Crippen molar-refractivity contribution in [2.24, 2.45) is 0 Å². The van der Waals surface area contributed by atoms with Crippen LogP contribution in [-0.4, -0.2) is 33.5 Å². The molecule has 1 aromatic heterocycles. The van der Waals surface area contributed by atoms with Crippen molar-refractivity contribution in [1.82, 2.24) is 9.88 Å². The van der Waals surface area contributed by atoms with Crippen LogP contribution < -0.4 is 9.46 Å². The molecule has 0 bridgehead atoms. The molecule has 0 saturated carbocycles. The van der Waals surface area contributed by atoms with E-state index in [1.165, 1.54) is 13.3 Å². The van der Waals surface area contributed by atoms with Gasteiger partial charge in [0.15, 0.2) is 0 Å². The average molecular weight is 514 g/mol. The molecule has 1 heterocycles. The fraction of sp³-hybridized carbons (Fsp3) is 0.269. The van der Waals surface area contributed by atoms with E-state index in [0.29, 0.717) is 34.0 Å². The molecule has 7 nitrogen and oxygen atoms in total. The minimum atomic E-state index is -1.56. The summed E-state index contributed by atoms with van der Waals surface area (Å²) in [6.07, 6.45) is 1.99. The zero-order valence-electron chi connectivity index (χ0n) is 20.3. The number of methoxy groups -OCH3 is 1. The Balaban J connectivity index is 1.83. The van der Waals surface area contributed by atoms with Crippen LogP contribution in [0, 0.1) is 6.92 Å². The van der Waals surface area contributed by atoms with Crippen LogP contribution in [0.2, 0.25) is 5.02 Å². The van der Waals surface area contributed by atoms with Gasteiger partial charge in [-0.05, 0) is 53.3 Å². The first-order chi connectivity index (χ1) is 16.5. The Morgan fingerprint density at radius 1 is 1.14 bits per heavy atom. The van der Waals surface area contributed by atoms with E-state index in [2.05, 4.69) is 30.5 Å². The highest BCUT2D eigenvalue weighted by Crippen LogP contribution is 2.29. The summed E-state index contributed by atoms with van der Waals surface area (Å²) in [4.78, 5) is 30.7. The number of aromatic nitrogens is 1. The molecular weight excluding hydrogens is 486 g/mol. The van der Waals surface area contributed by atoms with Crippen LogP contribution in [0.15, 0.2) is 59.6 Å². The van der Waals surface area contributed by atoms with Gasteiger partial charge in [0.05, 0.1) is 34.8 Å². The number of benzene rings is 2. The molecule has 0 radical (unpaired) electrons. The monoisotopic (exact) mass is 513 g/mol. The molecule has 9 heteroatoms. The van der Waals surface area contributed by atoms with Crippen LogP contribution in [-0.2, 0) is 27.7 Å². The maximum absolute atomic E-state index is 13.2. The van der Waals surface area contributed by atoms with Crippen molar-refractivity contribution < 1.29 is 18.5 Å². The highest BCUT2D eigenvalue weighted by molar-refractivity contribution is 7.86. The molecule has 0 aliphatic carbocycles. The maximum Gasteiger partial charge on any atom is 0.262 e. The van der Waals surface area contributed by atoms with Crippen molar-refractivity contribution in [2.75, 3.05) is 11.8 Å². The summed E-state index contributed by atoms with van der Waals surface area (Å²) < 4.78 is 21.0. The number of halogens is 1. The minimum Gasteiger partial charge on any atom is -0.481 e. The van der Waals surface area contributed by atoms with E-state index in [4.69, 9.17) is 16.3 Å². The second-order valence-corrected chi connectivity index (χ2v) is 10.6. The van der Waals surface area contributed by atoms with E-state index in [-0.39, 0.29) is 22.5 Å². The van der Waals surface area contributed by atoms with Crippen molar-refractivity contribution in [1.29, 1.82) is 0 Å². The van der Waals surface area contributed by atoms with Crippen molar-refractivity contribution >= 4 is 40.6 Å². The predicted molar refractivity (Wildman–Crippen MR) is 138 cm³/mol. The number of imide groups is 1. The lowest BCUT2D eigenvalue weighted by atomic mass is 9.87. The Morgan fingerprint density at radius 2 is 1.83 bits per heavy atom. The maximum atomic E-state index is 13.2. The molecule has 184 valence electrons. The Bertz CT molecular complexity index is 1240. The van der Waals surface area contributed by atoms with E-state index < -0.39 is 16.9 Å². The molecule has 2 aromatic carbocycles. The highest BCUT2D eigenvalue weighted by Gasteiger charge is 2.23. The Hall–Kier alpha value is -3.23. The summed E-state index contributed by atoms with van der Waals surface area (Å²) in [6, 6.07) is 14.1. The van der Waals surface area contributed by atoms with Gasteiger partial charge in [0.25, 0.3) is 5.91 Å². The van der Waals surface area contributed by atoms with Gasteiger partial charge in [0, 0.05) is 12.3 Å². The van der Waals surface area contributed by atoms with E-state index in [0.717, 1.165) is 10.5 Å². The fourth-order valence-corrected chi connectivity index (χ4v) is 4.62. The molecule has 3 rings (SSSR count). The van der Waals surface area contributed by atoms with E-state index in [1.54, 1.807) is 31.2 Å². The van der Waals surface area contributed by atoms with Crippen molar-refractivity contribution in [2.45, 2.75) is 44.6 Å². The van der Waals surface area contributed by atoms with Crippen LogP contribution in [0.5, 0.6) is 5.88 Å². The number of anilines is 1. The Labute approximate surface area is 213 Å². The van der Waals surface area contributed by atoms with Gasteiger partial charge >= 0.3 is 0 Å². The first-order valence-corrected chi connectivity index (χ1v) is 12.4. The number of rotatable bonds is 8. The molecular formula is C26H28ClN3O4S. The van der Waals surface area contributed by atoms with E-state index >= 15 is 0 Å². The van der Waals surface area contributed by atoms with Crippen molar-refractivity contribution in [3.05, 3.63) is 82.0 Å². The third-order valence-electron chi connectivity index (χ3n) is 5.51. The molecule has 0 fully saturated rings. The Kier molecular flexibility index (Phi) is 8.30. The first-order valence-electron chi connectivity index (χ1n) is 10.9. The molecule has 0 saturated heterocycles. The largest absolute Gasteiger partial charge is 0.481 e. The molecule has 3 aromatic rings. The first kappa shape index (κ1) is 26.4. The number of carbonyl (C=O) groups is 2. The summed E-state index contributed by atoms with van der Waals surface area (Å²) >= 11 is 6.36. The number of amides is 2. The van der Waals surface area contributed by atoms with Gasteiger partial charge in [-0.1, -0.05) is 50.6 Å². The number of ether oxygens (including phenoxy) is 1. The number of hydrogen-bond acceptors (Lipinski definition) is 5. The van der Waals surface area contributed by atoms with Gasteiger partial charge in [-0.25, -0.2) is 9.19 Å². The number of carbonyl (C=O) groups excluding carboxylic acids is 2. The van der Waals surface area contributed by atoms with Crippen molar-refractivity contribution in [3.63, 3.8) is 0 Å². The normalized spacial score (nSPS) is 12.1. The highest BCUT2D eigenvalue weighted by atomic mass is 35.5. The van der Waals surface area contributed by atoms with E-state index in [9.17, 15) is 13.8 Å². The molecule has 0 spiro atoms. The van der Waals surface area contributed by atoms with Crippen LogP contribution in [0.25, 0.3) is 0 Å². The molecule has 1 unspecified atom stereocenters. The standard InChI is InChI=1S/C26H28ClN3O4S/c1-17-22(29-35(33)20-9-7-19(8-10-20)26(2,3)4)12-11-21(27)24(17)25(32)30(16-31)15-18-6-13-23(34-5)28-14-18/h6-14,16,29H,15H2,1-5H3. The molecule has 0 aliphatic rings. The van der Waals surface area contributed by atoms with Crippen LogP contribution >= 0.6 is 11.6 Å². The summed E-state index contributed by atoms with van der Waals surface area (Å²) in [5.41, 5.74) is 2.89. The third kappa shape index (κ3) is 6.26. The Morgan fingerprint density at radius 3 is 2.37 bits per heavy atom. The molecule has 35 heavy (non-hydrogen) atoms. The number of nitrogens with one attached hydrogen (secondary N) is 1. The predicted octanol–water partition coefficient (Wildman–Crippen LogP) is 5.28. The van der Waals surface area contributed by atoms with Gasteiger partial charge in [0.2, 0.25) is 12.3 Å². The van der Waals surface area contributed by atoms with Gasteiger partial charge < -0.3 is 9.46 Å². The van der Waals surface area contributed by atoms with Gasteiger partial charge in [-0.3, -0.25) is 14.5 Å². The smallest absolute Gasteiger partial charge is 0.262 e. The lowest BCUT2D eigenvalue weighted by molar-refractivity contribution is -0.116. The number of nitrogens with zero attached hydrogens (tertiary/aromatic N) is 2. The third-order valence-corrected chi connectivity index (χ3v) is 6.93.